The summed E-state index contributed by atoms with van der Waals surface area (Å²) in [5.74, 6) is 0. The van der Waals surface area contributed by atoms with Crippen molar-refractivity contribution in [2.45, 2.75) is 0 Å². The smallest absolute Gasteiger partial charge is 0.0547 e. The summed E-state index contributed by atoms with van der Waals surface area (Å²) >= 11 is 3.78. The number of rotatable bonds is 10. The van der Waals surface area contributed by atoms with E-state index in [2.05, 4.69) is 419 Å². The van der Waals surface area contributed by atoms with E-state index < -0.39 is 0 Å². The first-order chi connectivity index (χ1) is 57.5. The summed E-state index contributed by atoms with van der Waals surface area (Å²) in [5.41, 5.74) is 28.4. The topological polar surface area (TPSA) is 19.7 Å². The third kappa shape index (κ3) is 10.0. The standard InChI is InChI=1S/C110H66N4S2/c1-3-17-72-59-74(32-31-67(72)15-1)69-33-46-83(47-34-69)113-102-57-44-76(71-37-50-82(51-38-71)111-99-27-9-5-19-87(99)90-54-42-79(64-105(90)111)85-23-13-25-95-93-22-8-12-30-107(93)115-109(85)95)62-98(102)92-53-40-77(63-104(92)113)78-41-56-94-96-26-14-24-86(110(96)116-108(94)66-78)80-43-55-91-88-20-6-10-28-100(88)112(106(91)65-80)81-48-35-70(36-49-81)75-45-58-103-97(61-75)89-21-7-11-29-101(89)114(103)84-52-39-68-16-2-4-18-73(68)60-84/h1-66H. The lowest BCUT2D eigenvalue weighted by Gasteiger charge is -2.12. The number of fused-ring (bicyclic) bond motifs is 20. The minimum Gasteiger partial charge on any atom is -0.309 e. The molecule has 0 amide bonds. The fraction of sp³-hybridized carbons (Fsp3) is 0. The van der Waals surface area contributed by atoms with Crippen LogP contribution in [0.2, 0.25) is 0 Å². The predicted octanol–water partition coefficient (Wildman–Crippen LogP) is 31.1. The molecule has 116 heavy (non-hydrogen) atoms. The molecule has 19 aromatic carbocycles. The highest BCUT2D eigenvalue weighted by Gasteiger charge is 2.23. The molecule has 0 aliphatic rings. The van der Waals surface area contributed by atoms with Crippen LogP contribution in [0.5, 0.6) is 0 Å². The van der Waals surface area contributed by atoms with E-state index in [9.17, 15) is 0 Å². The van der Waals surface area contributed by atoms with Gasteiger partial charge in [-0.3, -0.25) is 0 Å². The van der Waals surface area contributed by atoms with Crippen LogP contribution < -0.4 is 0 Å². The van der Waals surface area contributed by atoms with Gasteiger partial charge in [0.25, 0.3) is 0 Å². The van der Waals surface area contributed by atoms with Crippen molar-refractivity contribution in [3.8, 4) is 89.5 Å². The highest BCUT2D eigenvalue weighted by molar-refractivity contribution is 7.26. The Morgan fingerprint density at radius 1 is 0.147 bits per heavy atom. The summed E-state index contributed by atoms with van der Waals surface area (Å²) in [4.78, 5) is 0. The number of thiophene rings is 2. The lowest BCUT2D eigenvalue weighted by molar-refractivity contribution is 1.18. The third-order valence-electron chi connectivity index (χ3n) is 24.8. The number of para-hydroxylation sites is 3. The molecule has 0 fully saturated rings. The number of nitrogens with zero attached hydrogens (tertiary/aromatic N) is 4. The van der Waals surface area contributed by atoms with E-state index >= 15 is 0 Å². The van der Waals surface area contributed by atoms with Crippen LogP contribution in [0.15, 0.2) is 400 Å². The molecule has 0 N–H and O–H groups in total. The van der Waals surface area contributed by atoms with Gasteiger partial charge in [-0.25, -0.2) is 0 Å². The van der Waals surface area contributed by atoms with Gasteiger partial charge in [-0.15, -0.1) is 22.7 Å². The van der Waals surface area contributed by atoms with Gasteiger partial charge in [-0.2, -0.15) is 0 Å². The Morgan fingerprint density at radius 3 is 0.983 bits per heavy atom. The lowest BCUT2D eigenvalue weighted by atomic mass is 9.99. The second kappa shape index (κ2) is 25.4. The molecule has 6 aromatic heterocycles. The van der Waals surface area contributed by atoms with Crippen LogP contribution in [0, 0.1) is 0 Å². The van der Waals surface area contributed by atoms with Gasteiger partial charge in [0.15, 0.2) is 0 Å². The maximum atomic E-state index is 2.48. The normalized spacial score (nSPS) is 12.1. The number of hydrogen-bond acceptors (Lipinski definition) is 2. The lowest BCUT2D eigenvalue weighted by Crippen LogP contribution is -1.95. The molecule has 538 valence electrons. The first kappa shape index (κ1) is 64.9. The highest BCUT2D eigenvalue weighted by Crippen LogP contribution is 2.48. The quantitative estimate of drug-likeness (QED) is 0.130. The van der Waals surface area contributed by atoms with Crippen molar-refractivity contribution in [2.75, 3.05) is 0 Å². The maximum absolute atomic E-state index is 2.48. The van der Waals surface area contributed by atoms with Gasteiger partial charge in [0.2, 0.25) is 0 Å². The second-order valence-electron chi connectivity index (χ2n) is 31.1. The van der Waals surface area contributed by atoms with Crippen molar-refractivity contribution in [3.63, 3.8) is 0 Å². The zero-order chi connectivity index (χ0) is 75.8. The van der Waals surface area contributed by atoms with Gasteiger partial charge in [-0.1, -0.05) is 273 Å². The minimum atomic E-state index is 1.12. The summed E-state index contributed by atoms with van der Waals surface area (Å²) < 4.78 is 15.0. The van der Waals surface area contributed by atoms with Crippen LogP contribution in [-0.2, 0) is 0 Å². The summed E-state index contributed by atoms with van der Waals surface area (Å²) in [6.45, 7) is 0. The molecule has 0 aliphatic carbocycles. The second-order valence-corrected chi connectivity index (χ2v) is 33.2. The molecule has 0 saturated heterocycles. The molecule has 6 heteroatoms. The molecule has 0 unspecified atom stereocenters. The van der Waals surface area contributed by atoms with Crippen molar-refractivity contribution in [1.82, 2.24) is 18.3 Å². The molecule has 6 heterocycles. The van der Waals surface area contributed by atoms with Crippen molar-refractivity contribution in [3.05, 3.63) is 400 Å². The fourth-order valence-corrected chi connectivity index (χ4v) is 21.7. The average molecular weight is 1510 g/mol. The zero-order valence-electron chi connectivity index (χ0n) is 62.7. The average Bonchev–Trinajstić information content (AvgIpc) is 1.59. The molecule has 25 rings (SSSR count). The monoisotopic (exact) mass is 1510 g/mol. The molecule has 0 saturated carbocycles. The molecule has 0 bridgehead atoms. The van der Waals surface area contributed by atoms with Gasteiger partial charge >= 0.3 is 0 Å². The van der Waals surface area contributed by atoms with E-state index in [0.717, 1.165) is 33.8 Å². The summed E-state index contributed by atoms with van der Waals surface area (Å²) in [6.07, 6.45) is 0. The van der Waals surface area contributed by atoms with E-state index in [1.807, 2.05) is 22.7 Å². The minimum absolute atomic E-state index is 1.12. The summed E-state index contributed by atoms with van der Waals surface area (Å²) in [5, 5.41) is 20.0. The van der Waals surface area contributed by atoms with E-state index in [4.69, 9.17) is 0 Å². The van der Waals surface area contributed by atoms with Crippen LogP contribution in [-0.4, -0.2) is 18.3 Å². The maximum Gasteiger partial charge on any atom is 0.0547 e. The van der Waals surface area contributed by atoms with Crippen molar-refractivity contribution < 1.29 is 0 Å². The molecular formula is C110H66N4S2. The molecule has 0 aliphatic heterocycles. The highest BCUT2D eigenvalue weighted by atomic mass is 32.1. The van der Waals surface area contributed by atoms with Crippen molar-refractivity contribution in [1.29, 1.82) is 0 Å². The van der Waals surface area contributed by atoms with Gasteiger partial charge in [0.05, 0.1) is 44.1 Å². The van der Waals surface area contributed by atoms with Crippen LogP contribution in [0.3, 0.4) is 0 Å². The molecule has 0 spiro atoms. The van der Waals surface area contributed by atoms with Gasteiger partial charge in [-0.05, 0) is 216 Å². The number of benzene rings is 19. The summed E-state index contributed by atoms with van der Waals surface area (Å²) in [6, 6.07) is 150. The first-order valence-corrected chi connectivity index (χ1v) is 41.5. The van der Waals surface area contributed by atoms with E-state index in [1.54, 1.807) is 0 Å². The third-order valence-corrected chi connectivity index (χ3v) is 27.2. The zero-order valence-corrected chi connectivity index (χ0v) is 64.3. The first-order valence-electron chi connectivity index (χ1n) is 39.8. The van der Waals surface area contributed by atoms with E-state index in [1.165, 1.54) is 205 Å². The summed E-state index contributed by atoms with van der Waals surface area (Å²) in [7, 11) is 0. The molecule has 4 nitrogen and oxygen atoms in total. The molecule has 25 aromatic rings. The number of hydrogen-bond donors (Lipinski definition) is 0. The number of aromatic nitrogens is 4. The Balaban J connectivity index is 0.566. The van der Waals surface area contributed by atoms with E-state index in [0.29, 0.717) is 0 Å². The Morgan fingerprint density at radius 2 is 0.457 bits per heavy atom. The van der Waals surface area contributed by atoms with Crippen molar-refractivity contribution in [2.24, 2.45) is 0 Å². The fourth-order valence-electron chi connectivity index (χ4n) is 19.2. The van der Waals surface area contributed by atoms with Crippen LogP contribution in [0.4, 0.5) is 0 Å². The largest absolute Gasteiger partial charge is 0.309 e. The van der Waals surface area contributed by atoms with Gasteiger partial charge in [0, 0.05) is 106 Å². The van der Waals surface area contributed by atoms with Crippen LogP contribution in [0.1, 0.15) is 0 Å². The van der Waals surface area contributed by atoms with Gasteiger partial charge in [0.1, 0.15) is 0 Å². The van der Waals surface area contributed by atoms with Gasteiger partial charge < -0.3 is 18.3 Å². The van der Waals surface area contributed by atoms with Crippen molar-refractivity contribution >= 4 is 172 Å². The Labute approximate surface area is 675 Å². The molecular weight excluding hydrogens is 1440 g/mol. The predicted molar refractivity (Wildman–Crippen MR) is 497 cm³/mol. The molecule has 0 atom stereocenters. The Bertz CT molecular complexity index is 8450. The van der Waals surface area contributed by atoms with E-state index in [-0.39, 0.29) is 0 Å². The Hall–Kier alpha value is -14.7. The van der Waals surface area contributed by atoms with Crippen LogP contribution in [0.25, 0.3) is 239 Å². The Kier molecular flexibility index (Phi) is 14.2. The van der Waals surface area contributed by atoms with Crippen LogP contribution >= 0.6 is 22.7 Å². The SMILES string of the molecule is c1ccc2cc(-c3ccc(-n4c5ccc(-c6ccc(-n7c8ccccc8c8ccc(-c9cccc%10c9sc9ccccc9%10)cc87)cc6)cc5c5ccc(-c6ccc7c(c6)sc6c(-c8ccc9c%10ccccc%10n(-c%10ccc(-c%11ccc%12c(c%11)c%11ccccc%11n%12-c%11ccc%12ccccc%12c%11)cc%10)c9c8)cccc67)cc54)cc3)ccc2c1. The molecule has 0 radical (unpaired) electrons.